The van der Waals surface area contributed by atoms with Crippen molar-refractivity contribution < 1.29 is 38.4 Å². The standard InChI is InChI=1S/C25H26N2O9/c1-25(2,3)21(29)15-35-23(31)12-11-22(30)26-18-9-7-16(8-10-18)24(32)36-14-20(28)17-5-4-6-19(13-17)27(33)34/h4-10,13H,11-12,14-15H2,1-3H3,(H,26,30). The van der Waals surface area contributed by atoms with Crippen LogP contribution >= 0.6 is 0 Å². The number of carbonyl (C=O) groups excluding carboxylic acids is 5. The van der Waals surface area contributed by atoms with E-state index >= 15 is 0 Å². The molecule has 0 aliphatic rings. The molecule has 0 spiro atoms. The molecular formula is C25H26N2O9. The first-order chi connectivity index (χ1) is 16.9. The highest BCUT2D eigenvalue weighted by molar-refractivity contribution is 6.00. The van der Waals surface area contributed by atoms with E-state index in [1.54, 1.807) is 20.8 Å². The van der Waals surface area contributed by atoms with Gasteiger partial charge in [0, 0.05) is 35.2 Å². The fraction of sp³-hybridized carbons (Fsp3) is 0.320. The van der Waals surface area contributed by atoms with Crippen LogP contribution in [0.4, 0.5) is 11.4 Å². The summed E-state index contributed by atoms with van der Waals surface area (Å²) in [5.41, 5.74) is -0.360. The second kappa shape index (κ2) is 12.3. The number of nitrogens with one attached hydrogen (secondary N) is 1. The van der Waals surface area contributed by atoms with Crippen LogP contribution in [-0.2, 0) is 23.9 Å². The van der Waals surface area contributed by atoms with Crippen LogP contribution in [0.2, 0.25) is 0 Å². The van der Waals surface area contributed by atoms with Crippen molar-refractivity contribution in [2.24, 2.45) is 5.41 Å². The lowest BCUT2D eigenvalue weighted by atomic mass is 9.91. The molecule has 0 heterocycles. The molecule has 11 heteroatoms. The van der Waals surface area contributed by atoms with Gasteiger partial charge in [-0.15, -0.1) is 0 Å². The smallest absolute Gasteiger partial charge is 0.338 e. The number of amides is 1. The van der Waals surface area contributed by atoms with Crippen LogP contribution in [0.1, 0.15) is 54.3 Å². The second-order valence-electron chi connectivity index (χ2n) is 8.77. The number of hydrogen-bond acceptors (Lipinski definition) is 9. The molecule has 0 atom stereocenters. The highest BCUT2D eigenvalue weighted by Crippen LogP contribution is 2.16. The Labute approximate surface area is 206 Å². The van der Waals surface area contributed by atoms with E-state index in [2.05, 4.69) is 5.32 Å². The molecule has 0 unspecified atom stereocenters. The summed E-state index contributed by atoms with van der Waals surface area (Å²) in [6.07, 6.45) is -0.363. The quantitative estimate of drug-likeness (QED) is 0.212. The Morgan fingerprint density at radius 1 is 0.889 bits per heavy atom. The first kappa shape index (κ1) is 27.8. The number of Topliss-reactive ketones (excluding diaryl/α,β-unsaturated/α-hetero) is 2. The third-order valence-corrected chi connectivity index (χ3v) is 4.87. The lowest BCUT2D eigenvalue weighted by Gasteiger charge is -2.16. The molecule has 2 aromatic carbocycles. The van der Waals surface area contributed by atoms with Gasteiger partial charge in [0.1, 0.15) is 0 Å². The number of esters is 2. The van der Waals surface area contributed by atoms with Crippen molar-refractivity contribution in [2.75, 3.05) is 18.5 Å². The van der Waals surface area contributed by atoms with Crippen LogP contribution in [0.5, 0.6) is 0 Å². The fourth-order valence-electron chi connectivity index (χ4n) is 2.65. The minimum absolute atomic E-state index is 0.0414. The summed E-state index contributed by atoms with van der Waals surface area (Å²) in [5, 5.41) is 13.4. The number of carbonyl (C=O) groups is 5. The molecule has 0 saturated heterocycles. The normalized spacial score (nSPS) is 10.8. The highest BCUT2D eigenvalue weighted by Gasteiger charge is 2.22. The monoisotopic (exact) mass is 498 g/mol. The van der Waals surface area contributed by atoms with E-state index in [0.29, 0.717) is 5.69 Å². The molecule has 11 nitrogen and oxygen atoms in total. The second-order valence-corrected chi connectivity index (χ2v) is 8.77. The summed E-state index contributed by atoms with van der Waals surface area (Å²) in [4.78, 5) is 70.1. The van der Waals surface area contributed by atoms with Crippen LogP contribution in [0.3, 0.4) is 0 Å². The number of nitro groups is 1. The predicted molar refractivity (Wildman–Crippen MR) is 127 cm³/mol. The molecule has 1 amide bonds. The summed E-state index contributed by atoms with van der Waals surface area (Å²) >= 11 is 0. The largest absolute Gasteiger partial charge is 0.458 e. The Bertz CT molecular complexity index is 1160. The molecule has 0 aliphatic heterocycles. The topological polar surface area (TPSA) is 159 Å². The first-order valence-electron chi connectivity index (χ1n) is 10.9. The Morgan fingerprint density at radius 2 is 1.56 bits per heavy atom. The molecule has 2 rings (SSSR count). The van der Waals surface area contributed by atoms with Gasteiger partial charge >= 0.3 is 11.9 Å². The van der Waals surface area contributed by atoms with Crippen LogP contribution in [0.15, 0.2) is 48.5 Å². The average Bonchev–Trinajstić information content (AvgIpc) is 2.84. The number of benzene rings is 2. The molecule has 2 aromatic rings. The van der Waals surface area contributed by atoms with E-state index < -0.39 is 40.6 Å². The van der Waals surface area contributed by atoms with E-state index in [1.165, 1.54) is 42.5 Å². The van der Waals surface area contributed by atoms with Crippen molar-refractivity contribution in [3.05, 3.63) is 69.8 Å². The van der Waals surface area contributed by atoms with E-state index in [4.69, 9.17) is 9.47 Å². The lowest BCUT2D eigenvalue weighted by molar-refractivity contribution is -0.384. The van der Waals surface area contributed by atoms with Gasteiger partial charge in [0.2, 0.25) is 11.7 Å². The van der Waals surface area contributed by atoms with Crippen molar-refractivity contribution in [1.29, 1.82) is 0 Å². The maximum atomic E-state index is 12.2. The summed E-state index contributed by atoms with van der Waals surface area (Å²) < 4.78 is 9.85. The number of ether oxygens (including phenoxy) is 2. The van der Waals surface area contributed by atoms with Gasteiger partial charge in [0.15, 0.2) is 19.0 Å². The average molecular weight is 498 g/mol. The van der Waals surface area contributed by atoms with Crippen LogP contribution in [0, 0.1) is 15.5 Å². The molecule has 0 aromatic heterocycles. The Hall–Kier alpha value is -4.41. The highest BCUT2D eigenvalue weighted by atomic mass is 16.6. The minimum atomic E-state index is -0.792. The van der Waals surface area contributed by atoms with Gasteiger partial charge in [-0.3, -0.25) is 29.3 Å². The predicted octanol–water partition coefficient (Wildman–Crippen LogP) is 3.51. The van der Waals surface area contributed by atoms with Gasteiger partial charge in [-0.1, -0.05) is 32.9 Å². The summed E-state index contributed by atoms with van der Waals surface area (Å²) in [7, 11) is 0. The molecule has 36 heavy (non-hydrogen) atoms. The molecular weight excluding hydrogens is 472 g/mol. The first-order valence-corrected chi connectivity index (χ1v) is 10.9. The number of anilines is 1. The van der Waals surface area contributed by atoms with Gasteiger partial charge in [-0.2, -0.15) is 0 Å². The Balaban J connectivity index is 1.79. The summed E-state index contributed by atoms with van der Waals surface area (Å²) in [5.74, 6) is -2.75. The number of nitro benzene ring substituents is 1. The van der Waals surface area contributed by atoms with E-state index in [9.17, 15) is 34.1 Å². The molecule has 1 N–H and O–H groups in total. The lowest BCUT2D eigenvalue weighted by Crippen LogP contribution is -2.26. The van der Waals surface area contributed by atoms with Gasteiger partial charge in [0.25, 0.3) is 5.69 Å². The van der Waals surface area contributed by atoms with Crippen molar-refractivity contribution in [2.45, 2.75) is 33.6 Å². The molecule has 0 fully saturated rings. The third kappa shape index (κ3) is 8.75. The van der Waals surface area contributed by atoms with Gasteiger partial charge in [0.05, 0.1) is 16.9 Å². The maximum absolute atomic E-state index is 12.2. The molecule has 0 radical (unpaired) electrons. The van der Waals surface area contributed by atoms with Crippen LogP contribution in [-0.4, -0.2) is 47.5 Å². The number of non-ortho nitro benzene ring substituents is 1. The summed E-state index contributed by atoms with van der Waals surface area (Å²) in [6.45, 7) is 4.18. The Morgan fingerprint density at radius 3 is 2.17 bits per heavy atom. The zero-order valence-corrected chi connectivity index (χ0v) is 20.1. The molecule has 0 bridgehead atoms. The SMILES string of the molecule is CC(C)(C)C(=O)COC(=O)CCC(=O)Nc1ccc(C(=O)OCC(=O)c2cccc([N+](=O)[O-])c2)cc1. The molecule has 0 aliphatic carbocycles. The van der Waals surface area contributed by atoms with E-state index in [-0.39, 0.29) is 42.0 Å². The zero-order valence-electron chi connectivity index (χ0n) is 20.1. The maximum Gasteiger partial charge on any atom is 0.338 e. The molecule has 0 saturated carbocycles. The third-order valence-electron chi connectivity index (χ3n) is 4.87. The number of rotatable bonds is 11. The van der Waals surface area contributed by atoms with Gasteiger partial charge in [-0.25, -0.2) is 4.79 Å². The van der Waals surface area contributed by atoms with Gasteiger partial charge < -0.3 is 14.8 Å². The van der Waals surface area contributed by atoms with Crippen molar-refractivity contribution in [3.8, 4) is 0 Å². The number of ketones is 2. The van der Waals surface area contributed by atoms with Crippen LogP contribution in [0.25, 0.3) is 0 Å². The minimum Gasteiger partial charge on any atom is -0.458 e. The summed E-state index contributed by atoms with van der Waals surface area (Å²) in [6, 6.07) is 10.7. The van der Waals surface area contributed by atoms with Crippen LogP contribution < -0.4 is 5.32 Å². The van der Waals surface area contributed by atoms with E-state index in [1.807, 2.05) is 0 Å². The van der Waals surface area contributed by atoms with Crippen molar-refractivity contribution >= 4 is 40.8 Å². The zero-order chi connectivity index (χ0) is 26.9. The number of hydrogen-bond donors (Lipinski definition) is 1. The molecule has 190 valence electrons. The van der Waals surface area contributed by atoms with Crippen molar-refractivity contribution in [3.63, 3.8) is 0 Å². The number of nitrogens with zero attached hydrogens (tertiary/aromatic N) is 1. The van der Waals surface area contributed by atoms with Crippen molar-refractivity contribution in [1.82, 2.24) is 0 Å². The Kier molecular flexibility index (Phi) is 9.54. The van der Waals surface area contributed by atoms with Gasteiger partial charge in [-0.05, 0) is 24.3 Å². The van der Waals surface area contributed by atoms with E-state index in [0.717, 1.165) is 6.07 Å². The fourth-order valence-corrected chi connectivity index (χ4v) is 2.65.